The first-order valence-electron chi connectivity index (χ1n) is 7.11. The summed E-state index contributed by atoms with van der Waals surface area (Å²) in [5.74, 6) is 0. The lowest BCUT2D eigenvalue weighted by molar-refractivity contribution is 0.556. The first-order valence-corrected chi connectivity index (χ1v) is 9.26. The van der Waals surface area contributed by atoms with Crippen LogP contribution in [0.4, 0.5) is 0 Å². The molecule has 2 heteroatoms. The van der Waals surface area contributed by atoms with E-state index in [-0.39, 0.29) is 0 Å². The predicted octanol–water partition coefficient (Wildman–Crippen LogP) is 2.93. The van der Waals surface area contributed by atoms with E-state index in [1.807, 2.05) is 36.4 Å². The third-order valence-corrected chi connectivity index (χ3v) is 7.30. The summed E-state index contributed by atoms with van der Waals surface area (Å²) in [6.07, 6.45) is 3.48. The van der Waals surface area contributed by atoms with Crippen LogP contribution in [-0.2, 0) is 0 Å². The van der Waals surface area contributed by atoms with Gasteiger partial charge in [-0.05, 0) is 16.4 Å². The Morgan fingerprint density at radius 1 is 0.789 bits per heavy atom. The van der Waals surface area contributed by atoms with E-state index in [1.165, 1.54) is 12.8 Å². The summed E-state index contributed by atoms with van der Waals surface area (Å²) in [6, 6.07) is 21.3. The van der Waals surface area contributed by atoms with Crippen LogP contribution in [0.3, 0.4) is 0 Å². The summed E-state index contributed by atoms with van der Waals surface area (Å²) in [6.45, 7) is 2.20. The van der Waals surface area contributed by atoms with Crippen LogP contribution in [-0.4, -0.2) is 13.1 Å². The van der Waals surface area contributed by atoms with E-state index in [0.29, 0.717) is 0 Å². The van der Waals surface area contributed by atoms with Crippen molar-refractivity contribution in [3.05, 3.63) is 60.7 Å². The molecule has 19 heavy (non-hydrogen) atoms. The summed E-state index contributed by atoms with van der Waals surface area (Å²) in [5.41, 5.74) is 0. The van der Waals surface area contributed by atoms with Gasteiger partial charge in [0.15, 0.2) is 0 Å². The average molecular weight is 270 g/mol. The van der Waals surface area contributed by atoms with Gasteiger partial charge in [-0.15, -0.1) is 0 Å². The number of benzene rings is 2. The lowest BCUT2D eigenvalue weighted by Crippen LogP contribution is -2.58. The maximum absolute atomic E-state index is 11.3. The van der Waals surface area contributed by atoms with Crippen molar-refractivity contribution in [2.45, 2.75) is 32.2 Å². The standard InChI is InChI=1S/C17H22OSi/c1-2-3-10-15-19(18,16-11-6-4-7-12-16)17-13-8-5-9-14-17/h4-9,11-14,18H,2-3,10,15H2,1H3. The quantitative estimate of drug-likeness (QED) is 0.632. The molecule has 0 radical (unpaired) electrons. The van der Waals surface area contributed by atoms with Gasteiger partial charge in [-0.2, -0.15) is 0 Å². The summed E-state index contributed by atoms with van der Waals surface area (Å²) in [4.78, 5) is 11.3. The van der Waals surface area contributed by atoms with Gasteiger partial charge in [-0.3, -0.25) is 0 Å². The predicted molar refractivity (Wildman–Crippen MR) is 84.5 cm³/mol. The Hall–Kier alpha value is -1.38. The minimum atomic E-state index is -2.54. The Labute approximate surface area is 117 Å². The molecule has 2 aromatic rings. The van der Waals surface area contributed by atoms with E-state index in [9.17, 15) is 4.80 Å². The second-order valence-corrected chi connectivity index (χ2v) is 8.42. The topological polar surface area (TPSA) is 20.2 Å². The molecule has 1 nitrogen and oxygen atoms in total. The smallest absolute Gasteiger partial charge is 0.252 e. The molecule has 2 rings (SSSR count). The Kier molecular flexibility index (Phi) is 4.94. The van der Waals surface area contributed by atoms with E-state index in [2.05, 4.69) is 31.2 Å². The number of rotatable bonds is 6. The van der Waals surface area contributed by atoms with Crippen molar-refractivity contribution in [3.8, 4) is 0 Å². The largest absolute Gasteiger partial charge is 0.424 e. The molecule has 0 saturated carbocycles. The van der Waals surface area contributed by atoms with Crippen molar-refractivity contribution in [3.63, 3.8) is 0 Å². The fourth-order valence-corrected chi connectivity index (χ4v) is 5.67. The molecule has 0 heterocycles. The van der Waals surface area contributed by atoms with Gasteiger partial charge in [0.2, 0.25) is 0 Å². The summed E-state index contributed by atoms with van der Waals surface area (Å²) in [5, 5.41) is 2.25. The molecular formula is C17H22OSi. The lowest BCUT2D eigenvalue weighted by Gasteiger charge is -2.26. The average Bonchev–Trinajstić information content (AvgIpc) is 2.49. The van der Waals surface area contributed by atoms with Crippen LogP contribution in [0.25, 0.3) is 0 Å². The molecule has 0 aromatic heterocycles. The Bertz CT molecular complexity index is 442. The van der Waals surface area contributed by atoms with Crippen LogP contribution in [0.15, 0.2) is 60.7 Å². The van der Waals surface area contributed by atoms with E-state index >= 15 is 0 Å². The van der Waals surface area contributed by atoms with Crippen molar-refractivity contribution in [2.24, 2.45) is 0 Å². The summed E-state index contributed by atoms with van der Waals surface area (Å²) < 4.78 is 0. The van der Waals surface area contributed by atoms with E-state index in [0.717, 1.165) is 22.8 Å². The minimum absolute atomic E-state index is 0.912. The van der Waals surface area contributed by atoms with Crippen molar-refractivity contribution in [1.82, 2.24) is 0 Å². The highest BCUT2D eigenvalue weighted by Crippen LogP contribution is 2.13. The molecule has 0 aliphatic heterocycles. The number of hydrogen-bond donors (Lipinski definition) is 1. The number of unbranched alkanes of at least 4 members (excludes halogenated alkanes) is 2. The van der Waals surface area contributed by atoms with E-state index in [4.69, 9.17) is 0 Å². The molecule has 0 saturated heterocycles. The molecule has 0 fully saturated rings. The van der Waals surface area contributed by atoms with Gasteiger partial charge in [-0.25, -0.2) is 0 Å². The van der Waals surface area contributed by atoms with E-state index in [1.54, 1.807) is 0 Å². The van der Waals surface area contributed by atoms with Gasteiger partial charge in [0.25, 0.3) is 8.32 Å². The van der Waals surface area contributed by atoms with Crippen LogP contribution in [0.5, 0.6) is 0 Å². The van der Waals surface area contributed by atoms with Crippen molar-refractivity contribution in [2.75, 3.05) is 0 Å². The molecule has 2 aromatic carbocycles. The summed E-state index contributed by atoms with van der Waals surface area (Å²) >= 11 is 0. The highest BCUT2D eigenvalue weighted by atomic mass is 28.4. The molecule has 0 amide bonds. The Morgan fingerprint density at radius 3 is 1.68 bits per heavy atom. The Balaban J connectivity index is 2.33. The van der Waals surface area contributed by atoms with Gasteiger partial charge in [0.05, 0.1) is 0 Å². The molecule has 100 valence electrons. The zero-order valence-corrected chi connectivity index (χ0v) is 12.5. The monoisotopic (exact) mass is 270 g/mol. The maximum Gasteiger partial charge on any atom is 0.252 e. The summed E-state index contributed by atoms with van der Waals surface area (Å²) in [7, 11) is -2.54. The SMILES string of the molecule is CCCCC[Si](O)(c1ccccc1)c1ccccc1. The van der Waals surface area contributed by atoms with Gasteiger partial charge < -0.3 is 4.80 Å². The van der Waals surface area contributed by atoms with Crippen LogP contribution >= 0.6 is 0 Å². The fraction of sp³-hybridized carbons (Fsp3) is 0.294. The third-order valence-electron chi connectivity index (χ3n) is 3.64. The van der Waals surface area contributed by atoms with Gasteiger partial charge in [-0.1, -0.05) is 86.8 Å². The second-order valence-electron chi connectivity index (χ2n) is 5.05. The zero-order chi connectivity index (χ0) is 13.6. The first-order chi connectivity index (χ1) is 9.27. The molecule has 0 aliphatic rings. The molecule has 0 bridgehead atoms. The molecule has 0 atom stereocenters. The van der Waals surface area contributed by atoms with E-state index < -0.39 is 8.32 Å². The van der Waals surface area contributed by atoms with Crippen molar-refractivity contribution >= 4 is 18.7 Å². The highest BCUT2D eigenvalue weighted by Gasteiger charge is 2.34. The second kappa shape index (κ2) is 6.69. The van der Waals surface area contributed by atoms with Gasteiger partial charge in [0.1, 0.15) is 0 Å². The maximum atomic E-state index is 11.3. The van der Waals surface area contributed by atoms with Gasteiger partial charge >= 0.3 is 0 Å². The molecule has 1 N–H and O–H groups in total. The Morgan fingerprint density at radius 2 is 1.26 bits per heavy atom. The van der Waals surface area contributed by atoms with Crippen LogP contribution < -0.4 is 10.4 Å². The van der Waals surface area contributed by atoms with Crippen LogP contribution in [0.1, 0.15) is 26.2 Å². The van der Waals surface area contributed by atoms with Crippen LogP contribution in [0, 0.1) is 0 Å². The minimum Gasteiger partial charge on any atom is -0.424 e. The fourth-order valence-electron chi connectivity index (χ4n) is 2.51. The normalized spacial score (nSPS) is 11.5. The highest BCUT2D eigenvalue weighted by molar-refractivity contribution is 6.96. The van der Waals surface area contributed by atoms with Crippen molar-refractivity contribution in [1.29, 1.82) is 0 Å². The van der Waals surface area contributed by atoms with Gasteiger partial charge in [0, 0.05) is 0 Å². The molecular weight excluding hydrogens is 248 g/mol. The third kappa shape index (κ3) is 3.34. The molecule has 0 aliphatic carbocycles. The molecule has 0 spiro atoms. The molecule has 0 unspecified atom stereocenters. The first kappa shape index (κ1) is 14.0. The van der Waals surface area contributed by atoms with Crippen molar-refractivity contribution < 1.29 is 4.80 Å². The lowest BCUT2D eigenvalue weighted by atomic mass is 10.3. The number of hydrogen-bond acceptors (Lipinski definition) is 1. The van der Waals surface area contributed by atoms with Crippen LogP contribution in [0.2, 0.25) is 6.04 Å². The zero-order valence-electron chi connectivity index (χ0n) is 11.5.